The number of nitrogens with zero attached hydrogens (tertiary/aromatic N) is 3. The molecule has 0 bridgehead atoms. The molecule has 2 heterocycles. The van der Waals surface area contributed by atoms with Gasteiger partial charge in [0.05, 0.1) is 6.10 Å². The van der Waals surface area contributed by atoms with Gasteiger partial charge >= 0.3 is 0 Å². The second kappa shape index (κ2) is 5.85. The molecule has 0 saturated carbocycles. The first-order chi connectivity index (χ1) is 8.63. The van der Waals surface area contributed by atoms with Gasteiger partial charge < -0.3 is 9.64 Å². The summed E-state index contributed by atoms with van der Waals surface area (Å²) in [5.41, 5.74) is 1.04. The van der Waals surface area contributed by atoms with Crippen LogP contribution in [0.5, 0.6) is 0 Å². The van der Waals surface area contributed by atoms with Crippen molar-refractivity contribution >= 4 is 17.4 Å². The van der Waals surface area contributed by atoms with Gasteiger partial charge in [0, 0.05) is 25.8 Å². The first-order valence-electron chi connectivity index (χ1n) is 6.41. The van der Waals surface area contributed by atoms with Gasteiger partial charge in [0.2, 0.25) is 0 Å². The SMILES string of the molecule is COC1CCCN(c2ncnc(Cl)c2C(C)C)C1. The Labute approximate surface area is 113 Å². The molecule has 0 aliphatic carbocycles. The van der Waals surface area contributed by atoms with Crippen molar-refractivity contribution in [3.8, 4) is 0 Å². The van der Waals surface area contributed by atoms with E-state index in [1.807, 2.05) is 0 Å². The molecule has 1 aliphatic heterocycles. The van der Waals surface area contributed by atoms with Crippen LogP contribution < -0.4 is 4.90 Å². The van der Waals surface area contributed by atoms with Crippen molar-refractivity contribution in [1.29, 1.82) is 0 Å². The first-order valence-corrected chi connectivity index (χ1v) is 6.79. The van der Waals surface area contributed by atoms with Crippen LogP contribution in [0.1, 0.15) is 38.2 Å². The number of rotatable bonds is 3. The molecule has 0 aromatic carbocycles. The van der Waals surface area contributed by atoms with Crippen molar-refractivity contribution in [1.82, 2.24) is 9.97 Å². The Morgan fingerprint density at radius 2 is 2.22 bits per heavy atom. The number of ether oxygens (including phenoxy) is 1. The van der Waals surface area contributed by atoms with E-state index in [1.54, 1.807) is 13.4 Å². The fraction of sp³-hybridized carbons (Fsp3) is 0.692. The minimum absolute atomic E-state index is 0.285. The Kier molecular flexibility index (Phi) is 4.40. The van der Waals surface area contributed by atoms with E-state index in [2.05, 4.69) is 28.7 Å². The van der Waals surface area contributed by atoms with Gasteiger partial charge in [-0.25, -0.2) is 9.97 Å². The molecule has 0 amide bonds. The zero-order valence-corrected chi connectivity index (χ0v) is 11.9. The van der Waals surface area contributed by atoms with Gasteiger partial charge in [-0.2, -0.15) is 0 Å². The number of anilines is 1. The van der Waals surface area contributed by atoms with Crippen molar-refractivity contribution in [3.63, 3.8) is 0 Å². The largest absolute Gasteiger partial charge is 0.380 e. The molecule has 1 aliphatic rings. The standard InChI is InChI=1S/C13H20ClN3O/c1-9(2)11-12(14)15-8-16-13(11)17-6-4-5-10(7-17)18-3/h8-10H,4-7H2,1-3H3. The highest BCUT2D eigenvalue weighted by Gasteiger charge is 2.24. The third-order valence-electron chi connectivity index (χ3n) is 3.40. The van der Waals surface area contributed by atoms with Crippen LogP contribution in [0.15, 0.2) is 6.33 Å². The Hall–Kier alpha value is -0.870. The van der Waals surface area contributed by atoms with Crippen LogP contribution in [-0.2, 0) is 4.74 Å². The van der Waals surface area contributed by atoms with Crippen molar-refractivity contribution in [2.45, 2.75) is 38.7 Å². The molecular formula is C13H20ClN3O. The molecule has 0 N–H and O–H groups in total. The molecule has 2 rings (SSSR count). The van der Waals surface area contributed by atoms with Crippen LogP contribution in [0.25, 0.3) is 0 Å². The van der Waals surface area contributed by atoms with E-state index in [0.29, 0.717) is 11.1 Å². The summed E-state index contributed by atoms with van der Waals surface area (Å²) in [6, 6.07) is 0. The van der Waals surface area contributed by atoms with Crippen molar-refractivity contribution in [3.05, 3.63) is 17.0 Å². The van der Waals surface area contributed by atoms with E-state index in [0.717, 1.165) is 37.3 Å². The van der Waals surface area contributed by atoms with Gasteiger partial charge in [-0.15, -0.1) is 0 Å². The Bertz CT molecular complexity index is 411. The van der Waals surface area contributed by atoms with Crippen LogP contribution in [-0.4, -0.2) is 36.3 Å². The average Bonchev–Trinajstić information content (AvgIpc) is 2.38. The van der Waals surface area contributed by atoms with Gasteiger partial charge in [-0.3, -0.25) is 0 Å². The Balaban J connectivity index is 2.29. The van der Waals surface area contributed by atoms with E-state index in [9.17, 15) is 0 Å². The molecule has 1 fully saturated rings. The zero-order chi connectivity index (χ0) is 13.1. The molecule has 1 aromatic heterocycles. The van der Waals surface area contributed by atoms with Crippen LogP contribution in [0.3, 0.4) is 0 Å². The highest BCUT2D eigenvalue weighted by molar-refractivity contribution is 6.30. The first kappa shape index (κ1) is 13.6. The molecule has 1 aromatic rings. The summed E-state index contributed by atoms with van der Waals surface area (Å²) in [5.74, 6) is 1.28. The molecule has 1 atom stereocenters. The van der Waals surface area contributed by atoms with Gasteiger partial charge in [0.15, 0.2) is 0 Å². The normalized spacial score (nSPS) is 20.5. The van der Waals surface area contributed by atoms with Crippen LogP contribution in [0, 0.1) is 0 Å². The summed E-state index contributed by atoms with van der Waals surface area (Å²) in [7, 11) is 1.77. The monoisotopic (exact) mass is 269 g/mol. The minimum Gasteiger partial charge on any atom is -0.380 e. The number of piperidine rings is 1. The molecule has 0 spiro atoms. The molecule has 5 heteroatoms. The number of methoxy groups -OCH3 is 1. The lowest BCUT2D eigenvalue weighted by atomic mass is 10.0. The highest BCUT2D eigenvalue weighted by atomic mass is 35.5. The smallest absolute Gasteiger partial charge is 0.138 e. The predicted molar refractivity (Wildman–Crippen MR) is 73.4 cm³/mol. The van der Waals surface area contributed by atoms with E-state index in [-0.39, 0.29) is 6.10 Å². The maximum absolute atomic E-state index is 6.20. The Morgan fingerprint density at radius 1 is 1.44 bits per heavy atom. The molecule has 1 unspecified atom stereocenters. The molecule has 0 radical (unpaired) electrons. The number of hydrogen-bond acceptors (Lipinski definition) is 4. The second-order valence-electron chi connectivity index (χ2n) is 5.00. The van der Waals surface area contributed by atoms with Gasteiger partial charge in [0.1, 0.15) is 17.3 Å². The van der Waals surface area contributed by atoms with Gasteiger partial charge in [-0.1, -0.05) is 25.4 Å². The zero-order valence-electron chi connectivity index (χ0n) is 11.2. The number of hydrogen-bond donors (Lipinski definition) is 0. The number of aromatic nitrogens is 2. The summed E-state index contributed by atoms with van der Waals surface area (Å²) in [6.07, 6.45) is 4.06. The summed E-state index contributed by atoms with van der Waals surface area (Å²) < 4.78 is 5.46. The van der Waals surface area contributed by atoms with Gasteiger partial charge in [0.25, 0.3) is 0 Å². The Morgan fingerprint density at radius 3 is 2.89 bits per heavy atom. The van der Waals surface area contributed by atoms with Gasteiger partial charge in [-0.05, 0) is 18.8 Å². The predicted octanol–water partition coefficient (Wildman–Crippen LogP) is 2.87. The molecule has 100 valence electrons. The second-order valence-corrected chi connectivity index (χ2v) is 5.36. The summed E-state index contributed by atoms with van der Waals surface area (Å²) >= 11 is 6.20. The topological polar surface area (TPSA) is 38.2 Å². The summed E-state index contributed by atoms with van der Waals surface area (Å²) in [6.45, 7) is 6.12. The lowest BCUT2D eigenvalue weighted by molar-refractivity contribution is 0.0891. The van der Waals surface area contributed by atoms with Crippen LogP contribution in [0.2, 0.25) is 5.15 Å². The maximum Gasteiger partial charge on any atom is 0.138 e. The minimum atomic E-state index is 0.285. The van der Waals surface area contributed by atoms with Crippen LogP contribution >= 0.6 is 11.6 Å². The quantitative estimate of drug-likeness (QED) is 0.791. The summed E-state index contributed by atoms with van der Waals surface area (Å²) in [5, 5.41) is 0.564. The van der Waals surface area contributed by atoms with E-state index < -0.39 is 0 Å². The third-order valence-corrected chi connectivity index (χ3v) is 3.70. The molecule has 1 saturated heterocycles. The van der Waals surface area contributed by atoms with Crippen LogP contribution in [0.4, 0.5) is 5.82 Å². The van der Waals surface area contributed by atoms with E-state index in [4.69, 9.17) is 16.3 Å². The lowest BCUT2D eigenvalue weighted by Gasteiger charge is -2.34. The maximum atomic E-state index is 6.20. The highest BCUT2D eigenvalue weighted by Crippen LogP contribution is 2.32. The number of halogens is 1. The van der Waals surface area contributed by atoms with Crippen molar-refractivity contribution in [2.24, 2.45) is 0 Å². The fourth-order valence-electron chi connectivity index (χ4n) is 2.44. The lowest BCUT2D eigenvalue weighted by Crippen LogP contribution is -2.40. The van der Waals surface area contributed by atoms with E-state index >= 15 is 0 Å². The molecular weight excluding hydrogens is 250 g/mol. The summed E-state index contributed by atoms with van der Waals surface area (Å²) in [4.78, 5) is 10.8. The molecule has 18 heavy (non-hydrogen) atoms. The fourth-order valence-corrected chi connectivity index (χ4v) is 2.78. The van der Waals surface area contributed by atoms with E-state index in [1.165, 1.54) is 0 Å². The van der Waals surface area contributed by atoms with Crippen molar-refractivity contribution in [2.75, 3.05) is 25.1 Å². The average molecular weight is 270 g/mol. The van der Waals surface area contributed by atoms with Crippen molar-refractivity contribution < 1.29 is 4.74 Å². The third kappa shape index (κ3) is 2.75. The molecule has 4 nitrogen and oxygen atoms in total.